The van der Waals surface area contributed by atoms with Gasteiger partial charge in [-0.2, -0.15) is 0 Å². The Hall–Kier alpha value is -1.15. The number of aliphatic hydroxyl groups excluding tert-OH is 1. The number of likely N-dealkylation sites (N-methyl/N-ethyl adjacent to an activating group) is 1. The van der Waals surface area contributed by atoms with Gasteiger partial charge in [0, 0.05) is 19.7 Å². The number of sulfonamides is 1. The molecule has 6 nitrogen and oxygen atoms in total. The quantitative estimate of drug-likeness (QED) is 0.689. The minimum Gasteiger partial charge on any atom is -0.492 e. The van der Waals surface area contributed by atoms with Crippen molar-refractivity contribution in [2.24, 2.45) is 5.14 Å². The number of aliphatic hydroxyl groups is 1. The fourth-order valence-corrected chi connectivity index (χ4v) is 2.26. The Bertz CT molecular complexity index is 488. The van der Waals surface area contributed by atoms with Crippen LogP contribution in [0.1, 0.15) is 13.3 Å². The van der Waals surface area contributed by atoms with Crippen molar-refractivity contribution in [2.45, 2.75) is 18.2 Å². The van der Waals surface area contributed by atoms with Gasteiger partial charge in [0.2, 0.25) is 10.0 Å². The fraction of sp³-hybridized carbons (Fsp3) is 0.538. The summed E-state index contributed by atoms with van der Waals surface area (Å²) in [4.78, 5) is 2.25. The predicted octanol–water partition coefficient (Wildman–Crippen LogP) is 0.417. The molecule has 0 unspecified atom stereocenters. The molecule has 20 heavy (non-hydrogen) atoms. The van der Waals surface area contributed by atoms with Gasteiger partial charge in [-0.25, -0.2) is 13.6 Å². The molecule has 1 aromatic rings. The first-order valence-corrected chi connectivity index (χ1v) is 8.11. The number of ether oxygens (including phenoxy) is 1. The van der Waals surface area contributed by atoms with Gasteiger partial charge >= 0.3 is 0 Å². The highest BCUT2D eigenvalue weighted by atomic mass is 32.2. The molecule has 0 saturated carbocycles. The van der Waals surface area contributed by atoms with Crippen molar-refractivity contribution in [1.82, 2.24) is 4.90 Å². The molecule has 0 aliphatic heterocycles. The molecule has 114 valence electrons. The number of nitrogens with two attached hydrogens (primary N) is 1. The highest BCUT2D eigenvalue weighted by Crippen LogP contribution is 2.14. The summed E-state index contributed by atoms with van der Waals surface area (Å²) in [5, 5.41) is 13.8. The van der Waals surface area contributed by atoms with Gasteiger partial charge < -0.3 is 14.7 Å². The van der Waals surface area contributed by atoms with Crippen LogP contribution in [-0.4, -0.2) is 51.3 Å². The Labute approximate surface area is 120 Å². The standard InChI is InChI=1S/C13H22N2O4S/c1-2-15(8-3-10-16)9-11-19-12-4-6-13(7-5-12)20(14,17)18/h4-7,16H,2-3,8-11H2,1H3,(H2,14,17,18). The van der Waals surface area contributed by atoms with Gasteiger partial charge in [-0.1, -0.05) is 6.92 Å². The van der Waals surface area contributed by atoms with E-state index in [2.05, 4.69) is 11.8 Å². The van der Waals surface area contributed by atoms with E-state index in [0.717, 1.165) is 26.1 Å². The average molecular weight is 302 g/mol. The minimum atomic E-state index is -3.66. The van der Waals surface area contributed by atoms with E-state index in [9.17, 15) is 8.42 Å². The summed E-state index contributed by atoms with van der Waals surface area (Å²) in [6, 6.07) is 6.02. The monoisotopic (exact) mass is 302 g/mol. The van der Waals surface area contributed by atoms with Crippen LogP contribution in [0.2, 0.25) is 0 Å². The minimum absolute atomic E-state index is 0.0722. The van der Waals surface area contributed by atoms with Gasteiger partial charge in [0.05, 0.1) is 4.90 Å². The largest absolute Gasteiger partial charge is 0.492 e. The van der Waals surface area contributed by atoms with Crippen LogP contribution in [-0.2, 0) is 10.0 Å². The molecular formula is C13H22N2O4S. The third-order valence-corrected chi connectivity index (χ3v) is 3.84. The first kappa shape index (κ1) is 16.9. The second-order valence-electron chi connectivity index (χ2n) is 4.38. The lowest BCUT2D eigenvalue weighted by Gasteiger charge is -2.19. The molecule has 7 heteroatoms. The van der Waals surface area contributed by atoms with E-state index in [-0.39, 0.29) is 11.5 Å². The lowest BCUT2D eigenvalue weighted by molar-refractivity contribution is 0.195. The Morgan fingerprint density at radius 3 is 2.40 bits per heavy atom. The molecule has 0 aromatic heterocycles. The van der Waals surface area contributed by atoms with E-state index in [1.807, 2.05) is 0 Å². The smallest absolute Gasteiger partial charge is 0.238 e. The van der Waals surface area contributed by atoms with E-state index < -0.39 is 10.0 Å². The molecule has 0 aliphatic rings. The van der Waals surface area contributed by atoms with Crippen LogP contribution in [0.5, 0.6) is 5.75 Å². The normalized spacial score (nSPS) is 11.8. The molecule has 0 heterocycles. The molecule has 1 rings (SSSR count). The molecule has 0 atom stereocenters. The summed E-state index contributed by atoms with van der Waals surface area (Å²) in [5.41, 5.74) is 0. The van der Waals surface area contributed by atoms with Crippen LogP contribution in [0.25, 0.3) is 0 Å². The molecule has 0 fully saturated rings. The summed E-state index contributed by atoms with van der Waals surface area (Å²) in [6.45, 7) is 5.24. The summed E-state index contributed by atoms with van der Waals surface area (Å²) in [5.74, 6) is 0.607. The van der Waals surface area contributed by atoms with E-state index >= 15 is 0 Å². The maximum atomic E-state index is 11.1. The molecule has 3 N–H and O–H groups in total. The SMILES string of the molecule is CCN(CCCO)CCOc1ccc(S(N)(=O)=O)cc1. The molecule has 0 bridgehead atoms. The molecule has 0 spiro atoms. The van der Waals surface area contributed by atoms with E-state index in [1.54, 1.807) is 12.1 Å². The van der Waals surface area contributed by atoms with Gasteiger partial charge in [-0.3, -0.25) is 0 Å². The van der Waals surface area contributed by atoms with Crippen LogP contribution in [0.4, 0.5) is 0 Å². The third kappa shape index (κ3) is 5.87. The molecule has 0 aliphatic carbocycles. The summed E-state index contributed by atoms with van der Waals surface area (Å²) in [6.07, 6.45) is 0.747. The molecule has 1 aromatic carbocycles. The summed E-state index contributed by atoms with van der Waals surface area (Å²) >= 11 is 0. The van der Waals surface area contributed by atoms with Crippen LogP contribution in [0.3, 0.4) is 0 Å². The van der Waals surface area contributed by atoms with Gasteiger partial charge in [-0.05, 0) is 37.2 Å². The lowest BCUT2D eigenvalue weighted by Crippen LogP contribution is -2.29. The number of rotatable bonds is 9. The molecular weight excluding hydrogens is 280 g/mol. The maximum Gasteiger partial charge on any atom is 0.238 e. The second kappa shape index (κ2) is 8.21. The van der Waals surface area contributed by atoms with Crippen molar-refractivity contribution >= 4 is 10.0 Å². The zero-order valence-corrected chi connectivity index (χ0v) is 12.5. The van der Waals surface area contributed by atoms with Gasteiger partial charge in [0.15, 0.2) is 0 Å². The van der Waals surface area contributed by atoms with E-state index in [0.29, 0.717) is 12.4 Å². The third-order valence-electron chi connectivity index (χ3n) is 2.91. The number of nitrogens with zero attached hydrogens (tertiary/aromatic N) is 1. The number of primary sulfonamides is 1. The average Bonchev–Trinajstić information content (AvgIpc) is 2.42. The lowest BCUT2D eigenvalue weighted by atomic mass is 10.3. The number of hydrogen-bond acceptors (Lipinski definition) is 5. The maximum absolute atomic E-state index is 11.1. The first-order chi connectivity index (χ1) is 9.47. The van der Waals surface area contributed by atoms with Crippen LogP contribution >= 0.6 is 0 Å². The van der Waals surface area contributed by atoms with Gasteiger partial charge in [0.1, 0.15) is 12.4 Å². The fourth-order valence-electron chi connectivity index (χ4n) is 1.74. The first-order valence-electron chi connectivity index (χ1n) is 6.56. The van der Waals surface area contributed by atoms with Crippen molar-refractivity contribution in [1.29, 1.82) is 0 Å². The molecule has 0 radical (unpaired) electrons. The second-order valence-corrected chi connectivity index (χ2v) is 5.94. The van der Waals surface area contributed by atoms with Crippen molar-refractivity contribution in [3.8, 4) is 5.75 Å². The Morgan fingerprint density at radius 2 is 1.90 bits per heavy atom. The van der Waals surface area contributed by atoms with Gasteiger partial charge in [-0.15, -0.1) is 0 Å². The summed E-state index contributed by atoms with van der Waals surface area (Å²) in [7, 11) is -3.66. The number of benzene rings is 1. The van der Waals surface area contributed by atoms with E-state index in [1.165, 1.54) is 12.1 Å². The van der Waals surface area contributed by atoms with Crippen molar-refractivity contribution in [3.05, 3.63) is 24.3 Å². The zero-order chi connectivity index (χ0) is 15.0. The Kier molecular flexibility index (Phi) is 6.94. The van der Waals surface area contributed by atoms with E-state index in [4.69, 9.17) is 15.0 Å². The highest BCUT2D eigenvalue weighted by molar-refractivity contribution is 7.89. The van der Waals surface area contributed by atoms with Crippen LogP contribution < -0.4 is 9.88 Å². The van der Waals surface area contributed by atoms with Gasteiger partial charge in [0.25, 0.3) is 0 Å². The van der Waals surface area contributed by atoms with Crippen molar-refractivity contribution in [3.63, 3.8) is 0 Å². The summed E-state index contributed by atoms with van der Waals surface area (Å²) < 4.78 is 27.7. The Balaban J connectivity index is 2.42. The van der Waals surface area contributed by atoms with Crippen LogP contribution in [0.15, 0.2) is 29.2 Å². The van der Waals surface area contributed by atoms with Crippen molar-refractivity contribution in [2.75, 3.05) is 32.8 Å². The topological polar surface area (TPSA) is 92.9 Å². The Morgan fingerprint density at radius 1 is 1.25 bits per heavy atom. The molecule has 0 amide bonds. The van der Waals surface area contributed by atoms with Crippen molar-refractivity contribution < 1.29 is 18.3 Å². The predicted molar refractivity (Wildman–Crippen MR) is 77.1 cm³/mol. The zero-order valence-electron chi connectivity index (χ0n) is 11.7. The number of hydrogen-bond donors (Lipinski definition) is 2. The van der Waals surface area contributed by atoms with Crippen LogP contribution in [0, 0.1) is 0 Å². The molecule has 0 saturated heterocycles. The highest BCUT2D eigenvalue weighted by Gasteiger charge is 2.07.